The predicted octanol–water partition coefficient (Wildman–Crippen LogP) is 2.62. The van der Waals surface area contributed by atoms with E-state index in [9.17, 15) is 0 Å². The highest BCUT2D eigenvalue weighted by Crippen LogP contribution is 2.28. The minimum Gasteiger partial charge on any atom is -0.368 e. The number of nitrogens with zero attached hydrogens (tertiary/aromatic N) is 1. The van der Waals surface area contributed by atoms with Gasteiger partial charge >= 0.3 is 0 Å². The molecule has 2 heteroatoms. The van der Waals surface area contributed by atoms with Crippen LogP contribution in [0.3, 0.4) is 0 Å². The fourth-order valence-corrected chi connectivity index (χ4v) is 2.61. The van der Waals surface area contributed by atoms with Crippen LogP contribution < -0.4 is 10.6 Å². The van der Waals surface area contributed by atoms with Gasteiger partial charge in [-0.1, -0.05) is 12.1 Å². The van der Waals surface area contributed by atoms with Crippen molar-refractivity contribution in [3.05, 3.63) is 29.3 Å². The maximum Gasteiger partial charge on any atom is 0.0401 e. The van der Waals surface area contributed by atoms with Crippen LogP contribution in [0.1, 0.15) is 30.9 Å². The highest BCUT2D eigenvalue weighted by Gasteiger charge is 2.24. The number of anilines is 1. The standard InChI is InChI=1S/C14H22N2/c1-10-5-4-6-14(12(10)3)16-8-7-13(15)9-11(16)2/h4-6,11,13H,7-9,15H2,1-3H3. The third kappa shape index (κ3) is 2.07. The molecule has 2 atom stereocenters. The lowest BCUT2D eigenvalue weighted by Crippen LogP contribution is -2.45. The predicted molar refractivity (Wildman–Crippen MR) is 69.9 cm³/mol. The molecule has 1 aromatic carbocycles. The van der Waals surface area contributed by atoms with Crippen LogP contribution in [0.5, 0.6) is 0 Å². The summed E-state index contributed by atoms with van der Waals surface area (Å²) in [7, 11) is 0. The van der Waals surface area contributed by atoms with E-state index >= 15 is 0 Å². The summed E-state index contributed by atoms with van der Waals surface area (Å²) >= 11 is 0. The van der Waals surface area contributed by atoms with Crippen LogP contribution in [0.2, 0.25) is 0 Å². The Labute approximate surface area is 98.4 Å². The monoisotopic (exact) mass is 218 g/mol. The Hall–Kier alpha value is -1.02. The minimum atomic E-state index is 0.386. The molecule has 2 rings (SSSR count). The third-order valence-corrected chi connectivity index (χ3v) is 3.80. The molecule has 1 saturated heterocycles. The molecule has 1 aromatic rings. The summed E-state index contributed by atoms with van der Waals surface area (Å²) in [5.74, 6) is 0. The first-order chi connectivity index (χ1) is 7.59. The van der Waals surface area contributed by atoms with E-state index in [0.717, 1.165) is 19.4 Å². The molecule has 0 aliphatic carbocycles. The Bertz CT molecular complexity index is 373. The zero-order valence-corrected chi connectivity index (χ0v) is 10.5. The molecule has 1 aliphatic heterocycles. The van der Waals surface area contributed by atoms with E-state index < -0.39 is 0 Å². The lowest BCUT2D eigenvalue weighted by Gasteiger charge is -2.39. The summed E-state index contributed by atoms with van der Waals surface area (Å²) in [5, 5.41) is 0. The maximum atomic E-state index is 6.01. The van der Waals surface area contributed by atoms with E-state index in [0.29, 0.717) is 12.1 Å². The molecule has 1 aliphatic rings. The van der Waals surface area contributed by atoms with Gasteiger partial charge < -0.3 is 10.6 Å². The number of benzene rings is 1. The largest absolute Gasteiger partial charge is 0.368 e. The Morgan fingerprint density at radius 1 is 1.31 bits per heavy atom. The van der Waals surface area contributed by atoms with E-state index in [4.69, 9.17) is 5.73 Å². The van der Waals surface area contributed by atoms with Crippen molar-refractivity contribution in [2.75, 3.05) is 11.4 Å². The Morgan fingerprint density at radius 2 is 2.06 bits per heavy atom. The summed E-state index contributed by atoms with van der Waals surface area (Å²) in [6.07, 6.45) is 2.21. The van der Waals surface area contributed by atoms with Crippen molar-refractivity contribution in [2.24, 2.45) is 5.73 Å². The normalized spacial score (nSPS) is 25.9. The second-order valence-electron chi connectivity index (χ2n) is 5.05. The molecule has 0 amide bonds. The average Bonchev–Trinajstić information content (AvgIpc) is 2.23. The van der Waals surface area contributed by atoms with Crippen LogP contribution in [0.15, 0.2) is 18.2 Å². The Morgan fingerprint density at radius 3 is 2.75 bits per heavy atom. The Kier molecular flexibility index (Phi) is 3.20. The first-order valence-electron chi connectivity index (χ1n) is 6.18. The third-order valence-electron chi connectivity index (χ3n) is 3.80. The molecule has 2 nitrogen and oxygen atoms in total. The van der Waals surface area contributed by atoms with Gasteiger partial charge in [-0.3, -0.25) is 0 Å². The van der Waals surface area contributed by atoms with Crippen molar-refractivity contribution in [3.63, 3.8) is 0 Å². The van der Waals surface area contributed by atoms with Gasteiger partial charge in [-0.15, -0.1) is 0 Å². The van der Waals surface area contributed by atoms with Gasteiger partial charge in [0.2, 0.25) is 0 Å². The van der Waals surface area contributed by atoms with E-state index in [-0.39, 0.29) is 0 Å². The molecule has 0 aromatic heterocycles. The van der Waals surface area contributed by atoms with Crippen molar-refractivity contribution in [1.29, 1.82) is 0 Å². The van der Waals surface area contributed by atoms with Gasteiger partial charge in [0.05, 0.1) is 0 Å². The van der Waals surface area contributed by atoms with E-state index in [1.807, 2.05) is 0 Å². The van der Waals surface area contributed by atoms with Crippen LogP contribution in [-0.2, 0) is 0 Å². The second-order valence-corrected chi connectivity index (χ2v) is 5.05. The van der Waals surface area contributed by atoms with Crippen LogP contribution in [0, 0.1) is 13.8 Å². The zero-order chi connectivity index (χ0) is 11.7. The number of hydrogen-bond donors (Lipinski definition) is 1. The Balaban J connectivity index is 2.27. The molecule has 88 valence electrons. The van der Waals surface area contributed by atoms with Gasteiger partial charge in [-0.05, 0) is 50.8 Å². The minimum absolute atomic E-state index is 0.386. The lowest BCUT2D eigenvalue weighted by molar-refractivity contribution is 0.429. The lowest BCUT2D eigenvalue weighted by atomic mass is 9.96. The number of piperidine rings is 1. The molecule has 16 heavy (non-hydrogen) atoms. The smallest absolute Gasteiger partial charge is 0.0401 e. The fourth-order valence-electron chi connectivity index (χ4n) is 2.61. The molecule has 0 saturated carbocycles. The first-order valence-corrected chi connectivity index (χ1v) is 6.18. The molecular weight excluding hydrogens is 196 g/mol. The van der Waals surface area contributed by atoms with Crippen molar-refractivity contribution in [1.82, 2.24) is 0 Å². The second kappa shape index (κ2) is 4.46. The van der Waals surface area contributed by atoms with E-state index in [1.54, 1.807) is 0 Å². The van der Waals surface area contributed by atoms with Crippen molar-refractivity contribution in [2.45, 2.75) is 45.7 Å². The summed E-state index contributed by atoms with van der Waals surface area (Å²) in [6.45, 7) is 7.76. The summed E-state index contributed by atoms with van der Waals surface area (Å²) in [5.41, 5.74) is 10.2. The quantitative estimate of drug-likeness (QED) is 0.785. The van der Waals surface area contributed by atoms with Gasteiger partial charge in [0.1, 0.15) is 0 Å². The number of hydrogen-bond acceptors (Lipinski definition) is 2. The van der Waals surface area contributed by atoms with Gasteiger partial charge in [-0.2, -0.15) is 0 Å². The number of nitrogens with two attached hydrogens (primary N) is 1. The highest BCUT2D eigenvalue weighted by molar-refractivity contribution is 5.56. The summed E-state index contributed by atoms with van der Waals surface area (Å²) in [6, 6.07) is 7.51. The summed E-state index contributed by atoms with van der Waals surface area (Å²) in [4.78, 5) is 2.51. The van der Waals surface area contributed by atoms with Crippen LogP contribution in [0.4, 0.5) is 5.69 Å². The van der Waals surface area contributed by atoms with E-state index in [2.05, 4.69) is 43.9 Å². The van der Waals surface area contributed by atoms with Crippen LogP contribution in [0.25, 0.3) is 0 Å². The first kappa shape index (κ1) is 11.5. The van der Waals surface area contributed by atoms with Gasteiger partial charge in [-0.25, -0.2) is 0 Å². The molecule has 1 fully saturated rings. The van der Waals surface area contributed by atoms with Crippen molar-refractivity contribution >= 4 is 5.69 Å². The molecule has 0 spiro atoms. The maximum absolute atomic E-state index is 6.01. The molecule has 2 N–H and O–H groups in total. The summed E-state index contributed by atoms with van der Waals surface area (Å²) < 4.78 is 0. The molecule has 0 bridgehead atoms. The SMILES string of the molecule is Cc1cccc(N2CCC(N)CC2C)c1C. The molecule has 2 unspecified atom stereocenters. The van der Waals surface area contributed by atoms with Gasteiger partial charge in [0.15, 0.2) is 0 Å². The molecule has 0 radical (unpaired) electrons. The van der Waals surface area contributed by atoms with Crippen LogP contribution >= 0.6 is 0 Å². The fraction of sp³-hybridized carbons (Fsp3) is 0.571. The van der Waals surface area contributed by atoms with Crippen molar-refractivity contribution in [3.8, 4) is 0 Å². The zero-order valence-electron chi connectivity index (χ0n) is 10.5. The molecular formula is C14H22N2. The topological polar surface area (TPSA) is 29.3 Å². The van der Waals surface area contributed by atoms with Crippen LogP contribution in [-0.4, -0.2) is 18.6 Å². The van der Waals surface area contributed by atoms with E-state index in [1.165, 1.54) is 16.8 Å². The highest BCUT2D eigenvalue weighted by atomic mass is 15.2. The molecule has 1 heterocycles. The van der Waals surface area contributed by atoms with Gasteiger partial charge in [0, 0.05) is 24.3 Å². The number of rotatable bonds is 1. The van der Waals surface area contributed by atoms with Gasteiger partial charge in [0.25, 0.3) is 0 Å². The van der Waals surface area contributed by atoms with Crippen molar-refractivity contribution < 1.29 is 0 Å². The average molecular weight is 218 g/mol. The number of aryl methyl sites for hydroxylation is 1.